The summed E-state index contributed by atoms with van der Waals surface area (Å²) < 4.78 is 10.4. The van der Waals surface area contributed by atoms with Crippen LogP contribution in [0.15, 0.2) is 51.7 Å². The van der Waals surface area contributed by atoms with Crippen molar-refractivity contribution in [2.24, 2.45) is 0 Å². The van der Waals surface area contributed by atoms with Crippen molar-refractivity contribution in [2.75, 3.05) is 5.32 Å². The molecule has 3 aromatic rings. The van der Waals surface area contributed by atoms with Crippen molar-refractivity contribution in [2.45, 2.75) is 26.3 Å². The van der Waals surface area contributed by atoms with E-state index >= 15 is 0 Å². The Morgan fingerprint density at radius 3 is 2.60 bits per heavy atom. The molecule has 0 aliphatic rings. The highest BCUT2D eigenvalue weighted by Crippen LogP contribution is 2.27. The normalized spacial score (nSPS) is 11.9. The number of carbonyl (C=O) groups is 2. The van der Waals surface area contributed by atoms with Gasteiger partial charge in [-0.25, -0.2) is 0 Å². The van der Waals surface area contributed by atoms with Gasteiger partial charge in [-0.3, -0.25) is 9.59 Å². The van der Waals surface area contributed by atoms with Crippen LogP contribution in [0, 0.1) is 6.92 Å². The number of anilines is 1. The van der Waals surface area contributed by atoms with E-state index in [0.717, 1.165) is 11.3 Å². The van der Waals surface area contributed by atoms with Gasteiger partial charge in [-0.05, 0) is 49.7 Å². The fourth-order valence-corrected chi connectivity index (χ4v) is 3.39. The maximum absolute atomic E-state index is 12.5. The molecule has 0 saturated heterocycles. The van der Waals surface area contributed by atoms with Gasteiger partial charge in [0, 0.05) is 12.5 Å². The van der Waals surface area contributed by atoms with Crippen LogP contribution in [-0.4, -0.2) is 17.9 Å². The zero-order valence-electron chi connectivity index (χ0n) is 13.9. The molecule has 0 aliphatic heterocycles. The van der Waals surface area contributed by atoms with Crippen LogP contribution in [0.3, 0.4) is 0 Å². The number of aryl methyl sites for hydroxylation is 1. The van der Waals surface area contributed by atoms with Crippen molar-refractivity contribution in [3.63, 3.8) is 0 Å². The van der Waals surface area contributed by atoms with Gasteiger partial charge in [0.05, 0.1) is 22.4 Å². The average Bonchev–Trinajstić information content (AvgIpc) is 3.28. The highest BCUT2D eigenvalue weighted by atomic mass is 32.1. The van der Waals surface area contributed by atoms with E-state index in [1.54, 1.807) is 24.5 Å². The van der Waals surface area contributed by atoms with Crippen molar-refractivity contribution < 1.29 is 18.4 Å². The molecular weight excluding hydrogens is 340 g/mol. The first-order chi connectivity index (χ1) is 12.0. The molecule has 2 amide bonds. The number of thiophene rings is 1. The Hall–Kier alpha value is -2.80. The van der Waals surface area contributed by atoms with Crippen molar-refractivity contribution in [1.29, 1.82) is 0 Å². The highest BCUT2D eigenvalue weighted by Gasteiger charge is 2.18. The summed E-state index contributed by atoms with van der Waals surface area (Å²) in [6.45, 7) is 3.76. The second-order valence-electron chi connectivity index (χ2n) is 5.71. The van der Waals surface area contributed by atoms with Crippen molar-refractivity contribution in [3.8, 4) is 0 Å². The molecule has 0 saturated carbocycles. The number of carbonyl (C=O) groups excluding carboxylic acids is 2. The molecule has 0 bridgehead atoms. The van der Waals surface area contributed by atoms with Crippen LogP contribution in [0.25, 0.3) is 0 Å². The summed E-state index contributed by atoms with van der Waals surface area (Å²) in [5, 5.41) is 6.29. The summed E-state index contributed by atoms with van der Waals surface area (Å²) in [5.74, 6) is 0.538. The predicted octanol–water partition coefficient (Wildman–Crippen LogP) is 3.86. The fourth-order valence-electron chi connectivity index (χ4n) is 2.42. The molecule has 1 unspecified atom stereocenters. The Labute approximate surface area is 148 Å². The smallest absolute Gasteiger partial charge is 0.291 e. The quantitative estimate of drug-likeness (QED) is 0.701. The van der Waals surface area contributed by atoms with Gasteiger partial charge in [0.2, 0.25) is 0 Å². The molecule has 3 rings (SSSR count). The van der Waals surface area contributed by atoms with Crippen LogP contribution in [0.1, 0.15) is 38.5 Å². The Kier molecular flexibility index (Phi) is 5.04. The molecule has 6 nitrogen and oxygen atoms in total. The molecule has 2 N–H and O–H groups in total. The Balaban J connectivity index is 1.63. The number of furan rings is 2. The summed E-state index contributed by atoms with van der Waals surface area (Å²) >= 11 is 1.23. The van der Waals surface area contributed by atoms with Crippen LogP contribution < -0.4 is 10.6 Å². The second kappa shape index (κ2) is 7.40. The lowest BCUT2D eigenvalue weighted by Crippen LogP contribution is -2.33. The van der Waals surface area contributed by atoms with E-state index in [-0.39, 0.29) is 23.6 Å². The van der Waals surface area contributed by atoms with Crippen LogP contribution in [0.4, 0.5) is 5.00 Å². The maximum Gasteiger partial charge on any atom is 0.291 e. The first-order valence-corrected chi connectivity index (χ1v) is 8.63. The Bertz CT molecular complexity index is 850. The van der Waals surface area contributed by atoms with Gasteiger partial charge in [0.15, 0.2) is 5.76 Å². The number of nitrogens with one attached hydrogen (secondary N) is 2. The standard InChI is InChI=1S/C18H18N2O4S/c1-11-9-15(20-17(21)14-6-4-8-24-14)25-16(11)18(22)19-12(2)10-13-5-3-7-23-13/h3-9,12H,10H2,1-2H3,(H,19,22)(H,20,21). The molecule has 3 heterocycles. The minimum atomic E-state index is -0.343. The van der Waals surface area contributed by atoms with E-state index in [1.807, 2.05) is 26.0 Å². The van der Waals surface area contributed by atoms with Crippen molar-refractivity contribution >= 4 is 28.2 Å². The largest absolute Gasteiger partial charge is 0.469 e. The minimum absolute atomic E-state index is 0.0682. The van der Waals surface area contributed by atoms with Gasteiger partial charge in [-0.2, -0.15) is 0 Å². The third-order valence-corrected chi connectivity index (χ3v) is 4.72. The van der Waals surface area contributed by atoms with E-state index < -0.39 is 0 Å². The van der Waals surface area contributed by atoms with E-state index in [4.69, 9.17) is 8.83 Å². The van der Waals surface area contributed by atoms with Crippen LogP contribution in [0.5, 0.6) is 0 Å². The lowest BCUT2D eigenvalue weighted by Gasteiger charge is -2.12. The third-order valence-electron chi connectivity index (χ3n) is 3.57. The van der Waals surface area contributed by atoms with Gasteiger partial charge < -0.3 is 19.5 Å². The van der Waals surface area contributed by atoms with Gasteiger partial charge in [0.25, 0.3) is 11.8 Å². The topological polar surface area (TPSA) is 84.5 Å². The molecule has 0 radical (unpaired) electrons. The molecule has 0 aromatic carbocycles. The molecule has 0 spiro atoms. The number of hydrogen-bond donors (Lipinski definition) is 2. The highest BCUT2D eigenvalue weighted by molar-refractivity contribution is 7.18. The molecule has 3 aromatic heterocycles. The van der Waals surface area contributed by atoms with E-state index in [0.29, 0.717) is 16.3 Å². The van der Waals surface area contributed by atoms with E-state index in [1.165, 1.54) is 17.6 Å². The molecule has 0 fully saturated rings. The molecule has 1 atom stereocenters. The molecule has 7 heteroatoms. The predicted molar refractivity (Wildman–Crippen MR) is 95.1 cm³/mol. The lowest BCUT2D eigenvalue weighted by molar-refractivity contribution is 0.0941. The summed E-state index contributed by atoms with van der Waals surface area (Å²) in [6, 6.07) is 8.63. The summed E-state index contributed by atoms with van der Waals surface area (Å²) in [6.07, 6.45) is 3.67. The van der Waals surface area contributed by atoms with Gasteiger partial charge in [-0.1, -0.05) is 0 Å². The van der Waals surface area contributed by atoms with E-state index in [2.05, 4.69) is 10.6 Å². The Morgan fingerprint density at radius 2 is 1.92 bits per heavy atom. The average molecular weight is 358 g/mol. The molecule has 0 aliphatic carbocycles. The van der Waals surface area contributed by atoms with Crippen molar-refractivity contribution in [1.82, 2.24) is 5.32 Å². The van der Waals surface area contributed by atoms with Crippen LogP contribution in [-0.2, 0) is 6.42 Å². The fraction of sp³-hybridized carbons (Fsp3) is 0.222. The minimum Gasteiger partial charge on any atom is -0.469 e. The number of amides is 2. The SMILES string of the molecule is Cc1cc(NC(=O)c2ccco2)sc1C(=O)NC(C)Cc1ccco1. The van der Waals surface area contributed by atoms with Gasteiger partial charge in [0.1, 0.15) is 5.76 Å². The molecular formula is C18H18N2O4S. The number of hydrogen-bond acceptors (Lipinski definition) is 5. The Morgan fingerprint density at radius 1 is 1.16 bits per heavy atom. The van der Waals surface area contributed by atoms with E-state index in [9.17, 15) is 9.59 Å². The maximum atomic E-state index is 12.5. The second-order valence-corrected chi connectivity index (χ2v) is 6.76. The lowest BCUT2D eigenvalue weighted by atomic mass is 10.2. The monoisotopic (exact) mass is 358 g/mol. The third kappa shape index (κ3) is 4.19. The summed E-state index contributed by atoms with van der Waals surface area (Å²) in [5.41, 5.74) is 0.808. The van der Waals surface area contributed by atoms with Crippen molar-refractivity contribution in [3.05, 3.63) is 64.8 Å². The summed E-state index contributed by atoms with van der Waals surface area (Å²) in [7, 11) is 0. The zero-order valence-corrected chi connectivity index (χ0v) is 14.7. The summed E-state index contributed by atoms with van der Waals surface area (Å²) in [4.78, 5) is 25.1. The first kappa shape index (κ1) is 17.0. The van der Waals surface area contributed by atoms with Gasteiger partial charge in [-0.15, -0.1) is 11.3 Å². The first-order valence-electron chi connectivity index (χ1n) is 7.81. The van der Waals surface area contributed by atoms with Gasteiger partial charge >= 0.3 is 0 Å². The zero-order chi connectivity index (χ0) is 17.8. The molecule has 25 heavy (non-hydrogen) atoms. The van der Waals surface area contributed by atoms with Crippen LogP contribution >= 0.6 is 11.3 Å². The van der Waals surface area contributed by atoms with Crippen LogP contribution in [0.2, 0.25) is 0 Å². The molecule has 130 valence electrons. The number of rotatable bonds is 6.